The number of amides is 1. The van der Waals surface area contributed by atoms with Crippen LogP contribution >= 0.6 is 15.9 Å². The monoisotopic (exact) mass is 464 g/mol. The number of sulfonamides is 1. The number of halogens is 1. The normalized spacial score (nSPS) is 16.3. The zero-order valence-electron chi connectivity index (χ0n) is 16.1. The highest BCUT2D eigenvalue weighted by Crippen LogP contribution is 2.26. The lowest BCUT2D eigenvalue weighted by molar-refractivity contribution is -0.120. The van der Waals surface area contributed by atoms with Gasteiger partial charge < -0.3 is 5.32 Å². The van der Waals surface area contributed by atoms with Crippen molar-refractivity contribution in [1.29, 1.82) is 0 Å². The zero-order chi connectivity index (χ0) is 20.3. The third-order valence-electron chi connectivity index (χ3n) is 5.12. The average Bonchev–Trinajstić information content (AvgIpc) is 2.70. The number of carbonyl (C=O) groups is 1. The lowest BCUT2D eigenvalue weighted by Crippen LogP contribution is -2.41. The molecule has 5 nitrogen and oxygen atoms in total. The second kappa shape index (κ2) is 8.76. The number of nitrogens with one attached hydrogen (secondary N) is 1. The van der Waals surface area contributed by atoms with Crippen LogP contribution in [0.4, 0.5) is 5.69 Å². The molecule has 1 N–H and O–H groups in total. The second-order valence-electron chi connectivity index (χ2n) is 7.40. The van der Waals surface area contributed by atoms with Gasteiger partial charge in [-0.2, -0.15) is 4.31 Å². The molecule has 2 aromatic carbocycles. The Bertz CT molecular complexity index is 917. The molecular weight excluding hydrogens is 440 g/mol. The van der Waals surface area contributed by atoms with Gasteiger partial charge in [0.05, 0.1) is 4.90 Å². The molecule has 0 saturated carbocycles. The fourth-order valence-electron chi connectivity index (χ4n) is 3.31. The van der Waals surface area contributed by atoms with E-state index in [1.807, 2.05) is 36.4 Å². The molecule has 0 atom stereocenters. The lowest BCUT2D eigenvalue weighted by atomic mass is 9.97. The van der Waals surface area contributed by atoms with Gasteiger partial charge in [-0.3, -0.25) is 4.79 Å². The molecule has 2 aromatic rings. The number of hydrogen-bond acceptors (Lipinski definition) is 3. The van der Waals surface area contributed by atoms with Crippen LogP contribution in [0.2, 0.25) is 0 Å². The molecule has 0 radical (unpaired) electrons. The predicted octanol–water partition coefficient (Wildman–Crippen LogP) is 4.61. The molecular formula is C21H25BrN2O3S. The maximum absolute atomic E-state index is 12.9. The van der Waals surface area contributed by atoms with Crippen molar-refractivity contribution in [3.05, 3.63) is 58.6 Å². The van der Waals surface area contributed by atoms with Crippen LogP contribution in [0.15, 0.2) is 57.9 Å². The first-order valence-electron chi connectivity index (χ1n) is 9.44. The molecule has 0 unspecified atom stereocenters. The Hall–Kier alpha value is -1.70. The molecule has 0 aromatic heterocycles. The highest BCUT2D eigenvalue weighted by molar-refractivity contribution is 9.10. The van der Waals surface area contributed by atoms with E-state index in [-0.39, 0.29) is 11.8 Å². The number of anilines is 1. The summed E-state index contributed by atoms with van der Waals surface area (Å²) in [4.78, 5) is 12.8. The second-order valence-corrected chi connectivity index (χ2v) is 10.3. The smallest absolute Gasteiger partial charge is 0.243 e. The van der Waals surface area contributed by atoms with E-state index >= 15 is 0 Å². The summed E-state index contributed by atoms with van der Waals surface area (Å²) in [5, 5.41) is 2.91. The summed E-state index contributed by atoms with van der Waals surface area (Å²) in [5.74, 6) is 0.121. The van der Waals surface area contributed by atoms with Crippen molar-refractivity contribution in [2.24, 2.45) is 5.92 Å². The molecule has 1 aliphatic rings. The number of benzene rings is 2. The van der Waals surface area contributed by atoms with Crippen LogP contribution in [0, 0.1) is 5.92 Å². The Kier molecular flexibility index (Phi) is 6.58. The Labute approximate surface area is 175 Å². The maximum Gasteiger partial charge on any atom is 0.243 e. The third kappa shape index (κ3) is 4.82. The van der Waals surface area contributed by atoms with E-state index in [0.29, 0.717) is 36.7 Å². The van der Waals surface area contributed by atoms with Gasteiger partial charge in [-0.05, 0) is 60.7 Å². The van der Waals surface area contributed by atoms with E-state index in [1.54, 1.807) is 12.1 Å². The van der Waals surface area contributed by atoms with Gasteiger partial charge in [-0.15, -0.1) is 0 Å². The van der Waals surface area contributed by atoms with Gasteiger partial charge >= 0.3 is 0 Å². The van der Waals surface area contributed by atoms with Crippen molar-refractivity contribution < 1.29 is 13.2 Å². The first-order chi connectivity index (χ1) is 13.3. The highest BCUT2D eigenvalue weighted by Gasteiger charge is 2.32. The molecule has 1 fully saturated rings. The average molecular weight is 465 g/mol. The molecule has 1 amide bonds. The van der Waals surface area contributed by atoms with E-state index in [4.69, 9.17) is 0 Å². The van der Waals surface area contributed by atoms with Gasteiger partial charge in [0.15, 0.2) is 0 Å². The maximum atomic E-state index is 12.9. The van der Waals surface area contributed by atoms with Crippen molar-refractivity contribution >= 4 is 37.5 Å². The summed E-state index contributed by atoms with van der Waals surface area (Å²) in [7, 11) is -3.52. The van der Waals surface area contributed by atoms with Gasteiger partial charge in [0, 0.05) is 29.2 Å². The van der Waals surface area contributed by atoms with Gasteiger partial charge in [-0.25, -0.2) is 8.42 Å². The Morgan fingerprint density at radius 2 is 1.61 bits per heavy atom. The molecule has 0 spiro atoms. The molecule has 7 heteroatoms. The molecule has 0 aliphatic carbocycles. The van der Waals surface area contributed by atoms with Crippen molar-refractivity contribution in [2.45, 2.75) is 37.5 Å². The number of carbonyl (C=O) groups excluding carboxylic acids is 1. The summed E-state index contributed by atoms with van der Waals surface area (Å²) >= 11 is 3.37. The molecule has 28 heavy (non-hydrogen) atoms. The van der Waals surface area contributed by atoms with Gasteiger partial charge in [0.2, 0.25) is 15.9 Å². The van der Waals surface area contributed by atoms with E-state index in [2.05, 4.69) is 35.1 Å². The van der Waals surface area contributed by atoms with Gasteiger partial charge in [0.25, 0.3) is 0 Å². The van der Waals surface area contributed by atoms with Crippen molar-refractivity contribution in [3.8, 4) is 0 Å². The molecule has 3 rings (SSSR count). The van der Waals surface area contributed by atoms with Crippen molar-refractivity contribution in [2.75, 3.05) is 18.4 Å². The summed E-state index contributed by atoms with van der Waals surface area (Å²) in [5.41, 5.74) is 1.86. The van der Waals surface area contributed by atoms with Crippen molar-refractivity contribution in [3.63, 3.8) is 0 Å². The minimum Gasteiger partial charge on any atom is -0.326 e. The van der Waals surface area contributed by atoms with E-state index < -0.39 is 10.0 Å². The number of hydrogen-bond donors (Lipinski definition) is 1. The standard InChI is InChI=1S/C21H25BrN2O3S/c1-15(2)16-3-9-20(10-4-16)28(26,27)24-13-11-17(12-14-24)21(25)23-19-7-5-18(22)6-8-19/h3-10,15,17H,11-14H2,1-2H3,(H,23,25). The minimum absolute atomic E-state index is 0.0549. The molecule has 1 aliphatic heterocycles. The summed E-state index contributed by atoms with van der Waals surface area (Å²) in [6.45, 7) is 4.86. The van der Waals surface area contributed by atoms with Crippen LogP contribution in [0.3, 0.4) is 0 Å². The predicted molar refractivity (Wildman–Crippen MR) is 115 cm³/mol. The van der Waals surface area contributed by atoms with Gasteiger partial charge in [-0.1, -0.05) is 41.9 Å². The van der Waals surface area contributed by atoms with E-state index in [0.717, 1.165) is 15.7 Å². The van der Waals surface area contributed by atoms with Crippen molar-refractivity contribution in [1.82, 2.24) is 4.31 Å². The quantitative estimate of drug-likeness (QED) is 0.701. The SMILES string of the molecule is CC(C)c1ccc(S(=O)(=O)N2CCC(C(=O)Nc3ccc(Br)cc3)CC2)cc1. The first kappa shape index (κ1) is 21.0. The molecule has 1 heterocycles. The van der Waals surface area contributed by atoms with Crippen LogP contribution in [-0.4, -0.2) is 31.7 Å². The highest BCUT2D eigenvalue weighted by atomic mass is 79.9. The Balaban J connectivity index is 1.60. The zero-order valence-corrected chi connectivity index (χ0v) is 18.5. The summed E-state index contributed by atoms with van der Waals surface area (Å²) < 4.78 is 28.2. The summed E-state index contributed by atoms with van der Waals surface area (Å²) in [6.07, 6.45) is 1.04. The van der Waals surface area contributed by atoms with Crippen LogP contribution in [0.1, 0.15) is 38.2 Å². The van der Waals surface area contributed by atoms with Crippen LogP contribution in [0.25, 0.3) is 0 Å². The summed E-state index contributed by atoms with van der Waals surface area (Å²) in [6, 6.07) is 14.5. The fraction of sp³-hybridized carbons (Fsp3) is 0.381. The number of nitrogens with zero attached hydrogens (tertiary/aromatic N) is 1. The first-order valence-corrected chi connectivity index (χ1v) is 11.7. The topological polar surface area (TPSA) is 66.5 Å². The minimum atomic E-state index is -3.52. The van der Waals surface area contributed by atoms with E-state index in [9.17, 15) is 13.2 Å². The Morgan fingerprint density at radius 3 is 2.14 bits per heavy atom. The third-order valence-corrected chi connectivity index (χ3v) is 7.56. The van der Waals surface area contributed by atoms with Crippen LogP contribution in [0.5, 0.6) is 0 Å². The number of rotatable bonds is 5. The lowest BCUT2D eigenvalue weighted by Gasteiger charge is -2.30. The molecule has 0 bridgehead atoms. The largest absolute Gasteiger partial charge is 0.326 e. The Morgan fingerprint density at radius 1 is 1.04 bits per heavy atom. The number of piperidine rings is 1. The molecule has 1 saturated heterocycles. The van der Waals surface area contributed by atoms with E-state index in [1.165, 1.54) is 4.31 Å². The molecule has 150 valence electrons. The van der Waals surface area contributed by atoms with Crippen LogP contribution in [-0.2, 0) is 14.8 Å². The fourth-order valence-corrected chi connectivity index (χ4v) is 5.04. The van der Waals surface area contributed by atoms with Gasteiger partial charge in [0.1, 0.15) is 0 Å². The van der Waals surface area contributed by atoms with Crippen LogP contribution < -0.4 is 5.32 Å².